The standard InChI is InChI=1S/C24H19FN6O4/c25-17-3-1-2-13-8-9-29(21(13)17)24(35)18-12-31(28-27-18)15-4-5-16-14(10-15)11-30(23(16)34)19-6-7-20(32)26-22(19)33/h1-5,10,12,19H,6-9,11H2,(H,26,32,33). The van der Waals surface area contributed by atoms with Crippen molar-refractivity contribution in [3.63, 3.8) is 0 Å². The lowest BCUT2D eigenvalue weighted by Crippen LogP contribution is -2.52. The van der Waals surface area contributed by atoms with Crippen LogP contribution in [0.15, 0.2) is 42.6 Å². The van der Waals surface area contributed by atoms with Gasteiger partial charge in [-0.2, -0.15) is 0 Å². The van der Waals surface area contributed by atoms with E-state index in [4.69, 9.17) is 0 Å². The van der Waals surface area contributed by atoms with Crippen LogP contribution in [0.4, 0.5) is 10.1 Å². The number of imide groups is 1. The molecule has 0 bridgehead atoms. The maximum atomic E-state index is 14.3. The minimum absolute atomic E-state index is 0.0721. The maximum Gasteiger partial charge on any atom is 0.280 e. The van der Waals surface area contributed by atoms with Crippen molar-refractivity contribution in [3.05, 3.63) is 70.8 Å². The van der Waals surface area contributed by atoms with Crippen LogP contribution in [-0.2, 0) is 22.6 Å². The summed E-state index contributed by atoms with van der Waals surface area (Å²) in [6.45, 7) is 0.581. The summed E-state index contributed by atoms with van der Waals surface area (Å²) in [6.07, 6.45) is 2.50. The molecular formula is C24H19FN6O4. The molecule has 3 aliphatic heterocycles. The first-order valence-corrected chi connectivity index (χ1v) is 11.2. The fourth-order valence-electron chi connectivity index (χ4n) is 4.94. The molecule has 4 heterocycles. The Hall–Kier alpha value is -4.41. The number of amides is 4. The van der Waals surface area contributed by atoms with Crippen molar-refractivity contribution < 1.29 is 23.6 Å². The van der Waals surface area contributed by atoms with Crippen LogP contribution in [0.2, 0.25) is 0 Å². The minimum atomic E-state index is -0.699. The topological polar surface area (TPSA) is 118 Å². The van der Waals surface area contributed by atoms with E-state index in [0.717, 1.165) is 5.56 Å². The molecule has 11 heteroatoms. The second kappa shape index (κ2) is 7.83. The zero-order valence-electron chi connectivity index (χ0n) is 18.4. The number of nitrogens with zero attached hydrogens (tertiary/aromatic N) is 5. The number of hydrogen-bond acceptors (Lipinski definition) is 6. The van der Waals surface area contributed by atoms with Gasteiger partial charge in [0.05, 0.1) is 17.6 Å². The van der Waals surface area contributed by atoms with Gasteiger partial charge in [0.25, 0.3) is 11.8 Å². The maximum absolute atomic E-state index is 14.3. The Balaban J connectivity index is 1.24. The molecule has 35 heavy (non-hydrogen) atoms. The highest BCUT2D eigenvalue weighted by molar-refractivity contribution is 6.06. The largest absolute Gasteiger partial charge is 0.322 e. The van der Waals surface area contributed by atoms with Gasteiger partial charge in [-0.05, 0) is 48.2 Å². The molecule has 2 aromatic carbocycles. The van der Waals surface area contributed by atoms with Crippen LogP contribution in [0.3, 0.4) is 0 Å². The van der Waals surface area contributed by atoms with Gasteiger partial charge < -0.3 is 9.80 Å². The van der Waals surface area contributed by atoms with Gasteiger partial charge in [0.1, 0.15) is 11.9 Å². The van der Waals surface area contributed by atoms with E-state index in [9.17, 15) is 23.6 Å². The third-order valence-electron chi connectivity index (χ3n) is 6.67. The first-order chi connectivity index (χ1) is 16.9. The van der Waals surface area contributed by atoms with Crippen molar-refractivity contribution in [1.29, 1.82) is 0 Å². The van der Waals surface area contributed by atoms with Crippen molar-refractivity contribution in [1.82, 2.24) is 25.2 Å². The molecule has 10 nitrogen and oxygen atoms in total. The van der Waals surface area contributed by atoms with Crippen molar-refractivity contribution >= 4 is 29.3 Å². The number of rotatable bonds is 3. The normalized spacial score (nSPS) is 19.1. The zero-order chi connectivity index (χ0) is 24.3. The number of benzene rings is 2. The van der Waals surface area contributed by atoms with E-state index < -0.39 is 23.7 Å². The van der Waals surface area contributed by atoms with Crippen LogP contribution < -0.4 is 10.2 Å². The van der Waals surface area contributed by atoms with Gasteiger partial charge in [0, 0.05) is 25.1 Å². The van der Waals surface area contributed by atoms with Gasteiger partial charge in [-0.1, -0.05) is 17.3 Å². The monoisotopic (exact) mass is 474 g/mol. The Morgan fingerprint density at radius 3 is 2.77 bits per heavy atom. The predicted molar refractivity (Wildman–Crippen MR) is 119 cm³/mol. The number of hydrogen-bond donors (Lipinski definition) is 1. The molecule has 4 amide bonds. The highest BCUT2D eigenvalue weighted by Gasteiger charge is 2.39. The van der Waals surface area contributed by atoms with Crippen molar-refractivity contribution in [2.75, 3.05) is 11.4 Å². The summed E-state index contributed by atoms with van der Waals surface area (Å²) in [7, 11) is 0. The highest BCUT2D eigenvalue weighted by atomic mass is 19.1. The molecule has 1 atom stereocenters. The Morgan fingerprint density at radius 1 is 1.09 bits per heavy atom. The third kappa shape index (κ3) is 3.38. The van der Waals surface area contributed by atoms with Gasteiger partial charge in [-0.15, -0.1) is 5.10 Å². The van der Waals surface area contributed by atoms with E-state index in [0.29, 0.717) is 29.8 Å². The number of halogens is 1. The second-order valence-electron chi connectivity index (χ2n) is 8.74. The number of fused-ring (bicyclic) bond motifs is 2. The van der Waals surface area contributed by atoms with Crippen molar-refractivity contribution in [2.24, 2.45) is 0 Å². The lowest BCUT2D eigenvalue weighted by atomic mass is 10.0. The Morgan fingerprint density at radius 2 is 1.94 bits per heavy atom. The summed E-state index contributed by atoms with van der Waals surface area (Å²) in [5.41, 5.74) is 2.88. The Labute approximate surface area is 198 Å². The van der Waals surface area contributed by atoms with E-state index in [1.807, 2.05) is 0 Å². The molecule has 176 valence electrons. The molecule has 0 saturated carbocycles. The average Bonchev–Trinajstić information content (AvgIpc) is 3.57. The third-order valence-corrected chi connectivity index (χ3v) is 6.67. The lowest BCUT2D eigenvalue weighted by Gasteiger charge is -2.29. The molecule has 6 rings (SSSR count). The molecule has 1 unspecified atom stereocenters. The predicted octanol–water partition coefficient (Wildman–Crippen LogP) is 1.37. The molecule has 1 saturated heterocycles. The van der Waals surface area contributed by atoms with Gasteiger partial charge in [0.15, 0.2) is 5.69 Å². The van der Waals surface area contributed by atoms with Crippen LogP contribution >= 0.6 is 0 Å². The summed E-state index contributed by atoms with van der Waals surface area (Å²) in [6, 6.07) is 9.13. The van der Waals surface area contributed by atoms with E-state index in [-0.39, 0.29) is 42.6 Å². The molecular weight excluding hydrogens is 455 g/mol. The average molecular weight is 474 g/mol. The fraction of sp³-hybridized carbons (Fsp3) is 0.250. The second-order valence-corrected chi connectivity index (χ2v) is 8.74. The summed E-state index contributed by atoms with van der Waals surface area (Å²) in [5, 5.41) is 10.3. The van der Waals surface area contributed by atoms with E-state index in [1.165, 1.54) is 26.7 Å². The van der Waals surface area contributed by atoms with Crippen LogP contribution in [0.1, 0.15) is 44.8 Å². The number of anilines is 1. The molecule has 1 N–H and O–H groups in total. The van der Waals surface area contributed by atoms with E-state index in [2.05, 4.69) is 15.6 Å². The highest BCUT2D eigenvalue weighted by Crippen LogP contribution is 2.32. The number of carbonyl (C=O) groups excluding carboxylic acids is 4. The van der Waals surface area contributed by atoms with E-state index in [1.54, 1.807) is 30.3 Å². The Bertz CT molecular complexity index is 1430. The molecule has 0 radical (unpaired) electrons. The molecule has 0 spiro atoms. The van der Waals surface area contributed by atoms with Gasteiger partial charge >= 0.3 is 0 Å². The van der Waals surface area contributed by atoms with Crippen LogP contribution in [-0.4, -0.2) is 56.1 Å². The first kappa shape index (κ1) is 21.1. The summed E-state index contributed by atoms with van der Waals surface area (Å²) < 4.78 is 15.8. The summed E-state index contributed by atoms with van der Waals surface area (Å²) >= 11 is 0. The lowest BCUT2D eigenvalue weighted by molar-refractivity contribution is -0.136. The molecule has 1 fully saturated rings. The SMILES string of the molecule is O=C1CCC(N2Cc3cc(-n4cc(C(=O)N5CCc6cccc(F)c65)nn4)ccc3C2=O)C(=O)N1. The van der Waals surface area contributed by atoms with Crippen molar-refractivity contribution in [3.8, 4) is 5.69 Å². The van der Waals surface area contributed by atoms with E-state index >= 15 is 0 Å². The Kier molecular flexibility index (Phi) is 4.73. The number of para-hydroxylation sites is 1. The number of carbonyl (C=O) groups is 4. The molecule has 1 aromatic heterocycles. The van der Waals surface area contributed by atoms with Crippen LogP contribution in [0.5, 0.6) is 0 Å². The van der Waals surface area contributed by atoms with Gasteiger partial charge in [0.2, 0.25) is 11.8 Å². The summed E-state index contributed by atoms with van der Waals surface area (Å²) in [4.78, 5) is 52.5. The molecule has 3 aliphatic rings. The smallest absolute Gasteiger partial charge is 0.280 e. The number of piperidine rings is 1. The van der Waals surface area contributed by atoms with Gasteiger partial charge in [-0.3, -0.25) is 24.5 Å². The van der Waals surface area contributed by atoms with Crippen LogP contribution in [0.25, 0.3) is 5.69 Å². The quantitative estimate of drug-likeness (QED) is 0.573. The minimum Gasteiger partial charge on any atom is -0.322 e. The zero-order valence-corrected chi connectivity index (χ0v) is 18.4. The fourth-order valence-corrected chi connectivity index (χ4v) is 4.94. The number of aromatic nitrogens is 3. The van der Waals surface area contributed by atoms with Gasteiger partial charge in [-0.25, -0.2) is 9.07 Å². The first-order valence-electron chi connectivity index (χ1n) is 11.2. The van der Waals surface area contributed by atoms with Crippen LogP contribution in [0, 0.1) is 5.82 Å². The number of nitrogens with one attached hydrogen (secondary N) is 1. The molecule has 0 aliphatic carbocycles. The van der Waals surface area contributed by atoms with Crippen molar-refractivity contribution in [2.45, 2.75) is 31.8 Å². The molecule has 3 aromatic rings. The summed E-state index contributed by atoms with van der Waals surface area (Å²) in [5.74, 6) is -1.98.